The van der Waals surface area contributed by atoms with E-state index >= 15 is 0 Å². The molecular formula is C27H39BN2O3. The largest absolute Gasteiger partial charge is 0.494 e. The van der Waals surface area contributed by atoms with E-state index < -0.39 is 0 Å². The van der Waals surface area contributed by atoms with Gasteiger partial charge in [0.05, 0.1) is 17.3 Å². The van der Waals surface area contributed by atoms with E-state index in [0.29, 0.717) is 0 Å². The van der Waals surface area contributed by atoms with Crippen molar-refractivity contribution in [2.45, 2.75) is 65.3 Å². The summed E-state index contributed by atoms with van der Waals surface area (Å²) in [5.41, 5.74) is 3.89. The van der Waals surface area contributed by atoms with Gasteiger partial charge in [0.25, 0.3) is 0 Å². The highest BCUT2D eigenvalue weighted by atomic mass is 16.7. The van der Waals surface area contributed by atoms with Gasteiger partial charge in [-0.1, -0.05) is 44.5 Å². The van der Waals surface area contributed by atoms with Crippen LogP contribution in [-0.2, 0) is 9.31 Å². The molecule has 178 valence electrons. The molecule has 2 saturated heterocycles. The number of benzene rings is 2. The molecule has 2 aromatic carbocycles. The Morgan fingerprint density at radius 1 is 0.818 bits per heavy atom. The van der Waals surface area contributed by atoms with Crippen LogP contribution < -0.4 is 15.3 Å². The third kappa shape index (κ3) is 4.93. The molecule has 4 rings (SSSR count). The van der Waals surface area contributed by atoms with Crippen LogP contribution in [-0.4, -0.2) is 49.6 Å². The van der Waals surface area contributed by atoms with E-state index in [9.17, 15) is 5.11 Å². The highest BCUT2D eigenvalue weighted by Gasteiger charge is 2.51. The van der Waals surface area contributed by atoms with Crippen molar-refractivity contribution < 1.29 is 14.4 Å². The molecular weight excluding hydrogens is 411 g/mol. The normalized spacial score (nSPS) is 21.8. The summed E-state index contributed by atoms with van der Waals surface area (Å²) in [7, 11) is -0.317. The highest BCUT2D eigenvalue weighted by Crippen LogP contribution is 2.36. The zero-order chi connectivity index (χ0) is 23.8. The molecule has 0 spiro atoms. The molecule has 2 aliphatic rings. The summed E-state index contributed by atoms with van der Waals surface area (Å²) < 4.78 is 12.4. The molecule has 2 fully saturated rings. The van der Waals surface area contributed by atoms with Crippen LogP contribution in [0.1, 0.15) is 59.6 Å². The average Bonchev–Trinajstić information content (AvgIpc) is 3.05. The maximum atomic E-state index is 10.5. The van der Waals surface area contributed by atoms with Crippen LogP contribution in [0.4, 0.5) is 11.4 Å². The fraction of sp³-hybridized carbons (Fsp3) is 0.556. The summed E-state index contributed by atoms with van der Waals surface area (Å²) in [5.74, 6) is 0.274. The average molecular weight is 450 g/mol. The SMILES string of the molecule is CCC(C)C(O)c1ccc(N2CCN(c3ccc(B4OC(C)(C)C(C)(C)O4)cc3)CC2)cc1. The zero-order valence-electron chi connectivity index (χ0n) is 21.0. The lowest BCUT2D eigenvalue weighted by Crippen LogP contribution is -2.46. The lowest BCUT2D eigenvalue weighted by molar-refractivity contribution is 0.00578. The van der Waals surface area contributed by atoms with Crippen LogP contribution in [0.2, 0.25) is 0 Å². The Morgan fingerprint density at radius 2 is 1.24 bits per heavy atom. The molecule has 2 unspecified atom stereocenters. The Hall–Kier alpha value is -2.02. The van der Waals surface area contributed by atoms with Crippen LogP contribution in [0.15, 0.2) is 48.5 Å². The Bertz CT molecular complexity index is 905. The monoisotopic (exact) mass is 450 g/mol. The maximum absolute atomic E-state index is 10.5. The number of aliphatic hydroxyl groups is 1. The maximum Gasteiger partial charge on any atom is 0.494 e. The number of anilines is 2. The van der Waals surface area contributed by atoms with Gasteiger partial charge in [0.2, 0.25) is 0 Å². The zero-order valence-corrected chi connectivity index (χ0v) is 21.0. The minimum Gasteiger partial charge on any atom is -0.399 e. The molecule has 0 amide bonds. The van der Waals surface area contributed by atoms with E-state index in [1.165, 1.54) is 11.4 Å². The number of nitrogens with zero attached hydrogens (tertiary/aromatic N) is 2. The van der Waals surface area contributed by atoms with Gasteiger partial charge >= 0.3 is 7.12 Å². The number of rotatable bonds is 6. The number of aliphatic hydroxyl groups excluding tert-OH is 1. The highest BCUT2D eigenvalue weighted by molar-refractivity contribution is 6.62. The summed E-state index contributed by atoms with van der Waals surface area (Å²) >= 11 is 0. The van der Waals surface area contributed by atoms with Gasteiger partial charge in [0, 0.05) is 37.6 Å². The predicted molar refractivity (Wildman–Crippen MR) is 137 cm³/mol. The van der Waals surface area contributed by atoms with Crippen molar-refractivity contribution >= 4 is 24.0 Å². The molecule has 2 aromatic rings. The first-order valence-electron chi connectivity index (χ1n) is 12.3. The molecule has 2 atom stereocenters. The van der Waals surface area contributed by atoms with Crippen LogP contribution in [0.5, 0.6) is 0 Å². The minimum atomic E-state index is -0.388. The fourth-order valence-corrected chi connectivity index (χ4v) is 4.48. The molecule has 1 N–H and O–H groups in total. The van der Waals surface area contributed by atoms with Crippen LogP contribution >= 0.6 is 0 Å². The lowest BCUT2D eigenvalue weighted by Gasteiger charge is -2.37. The van der Waals surface area contributed by atoms with Crippen molar-refractivity contribution in [1.29, 1.82) is 0 Å². The van der Waals surface area contributed by atoms with Crippen molar-refractivity contribution in [3.63, 3.8) is 0 Å². The molecule has 5 nitrogen and oxygen atoms in total. The second kappa shape index (κ2) is 9.32. The van der Waals surface area contributed by atoms with E-state index in [1.807, 2.05) is 0 Å². The number of hydrogen-bond donors (Lipinski definition) is 1. The third-order valence-corrected chi connectivity index (χ3v) is 7.85. The number of hydrogen-bond acceptors (Lipinski definition) is 5. The minimum absolute atomic E-state index is 0.274. The molecule has 0 aromatic heterocycles. The molecule has 0 aliphatic carbocycles. The van der Waals surface area contributed by atoms with Crippen LogP contribution in [0.3, 0.4) is 0 Å². The second-order valence-corrected chi connectivity index (χ2v) is 10.6. The molecule has 2 heterocycles. The van der Waals surface area contributed by atoms with Crippen molar-refractivity contribution in [3.05, 3.63) is 54.1 Å². The summed E-state index contributed by atoms with van der Waals surface area (Å²) in [5, 5.41) is 10.5. The molecule has 2 aliphatic heterocycles. The van der Waals surface area contributed by atoms with E-state index in [1.54, 1.807) is 0 Å². The van der Waals surface area contributed by atoms with Crippen molar-refractivity contribution in [2.75, 3.05) is 36.0 Å². The van der Waals surface area contributed by atoms with Crippen molar-refractivity contribution in [2.24, 2.45) is 5.92 Å². The Morgan fingerprint density at radius 3 is 1.67 bits per heavy atom. The molecule has 0 saturated carbocycles. The topological polar surface area (TPSA) is 45.2 Å². The first-order chi connectivity index (χ1) is 15.6. The van der Waals surface area contributed by atoms with Gasteiger partial charge in [-0.2, -0.15) is 0 Å². The Labute approximate surface area is 199 Å². The summed E-state index contributed by atoms with van der Waals surface area (Å²) in [4.78, 5) is 4.86. The van der Waals surface area contributed by atoms with Gasteiger partial charge in [-0.3, -0.25) is 0 Å². The summed E-state index contributed by atoms with van der Waals surface area (Å²) in [6.07, 6.45) is 0.587. The van der Waals surface area contributed by atoms with Crippen LogP contribution in [0, 0.1) is 5.92 Å². The quantitative estimate of drug-likeness (QED) is 0.662. The standard InChI is InChI=1S/C27H39BN2O3/c1-7-20(2)25(31)21-8-12-23(13-9-21)29-16-18-30(19-17-29)24-14-10-22(11-15-24)28-32-26(3,4)27(5,6)33-28/h8-15,20,25,31H,7,16-19H2,1-6H3. The first kappa shape index (κ1) is 24.1. The molecule has 0 bridgehead atoms. The predicted octanol–water partition coefficient (Wildman–Crippen LogP) is 4.39. The van der Waals surface area contributed by atoms with E-state index in [2.05, 4.69) is 99.9 Å². The van der Waals surface area contributed by atoms with Gasteiger partial charge in [0.15, 0.2) is 0 Å². The van der Waals surface area contributed by atoms with Gasteiger partial charge in [-0.05, 0) is 68.9 Å². The van der Waals surface area contributed by atoms with E-state index in [4.69, 9.17) is 9.31 Å². The smallest absolute Gasteiger partial charge is 0.399 e. The van der Waals surface area contributed by atoms with E-state index in [0.717, 1.165) is 43.6 Å². The molecule has 0 radical (unpaired) electrons. The summed E-state index contributed by atoms with van der Waals surface area (Å²) in [6.45, 7) is 16.5. The van der Waals surface area contributed by atoms with Crippen LogP contribution in [0.25, 0.3) is 0 Å². The Balaban J connectivity index is 1.34. The Kier molecular flexibility index (Phi) is 6.81. The fourth-order valence-electron chi connectivity index (χ4n) is 4.48. The van der Waals surface area contributed by atoms with Crippen molar-refractivity contribution in [3.8, 4) is 0 Å². The van der Waals surface area contributed by atoms with E-state index in [-0.39, 0.29) is 30.3 Å². The molecule has 6 heteroatoms. The van der Waals surface area contributed by atoms with Gasteiger partial charge in [-0.25, -0.2) is 0 Å². The summed E-state index contributed by atoms with van der Waals surface area (Å²) in [6, 6.07) is 17.1. The first-order valence-corrected chi connectivity index (χ1v) is 12.3. The molecule has 33 heavy (non-hydrogen) atoms. The second-order valence-electron chi connectivity index (χ2n) is 10.6. The van der Waals surface area contributed by atoms with Gasteiger partial charge in [0.1, 0.15) is 0 Å². The van der Waals surface area contributed by atoms with Gasteiger partial charge < -0.3 is 24.2 Å². The third-order valence-electron chi connectivity index (χ3n) is 7.85. The van der Waals surface area contributed by atoms with Crippen molar-refractivity contribution in [1.82, 2.24) is 0 Å². The number of piperazine rings is 1. The van der Waals surface area contributed by atoms with Gasteiger partial charge in [-0.15, -0.1) is 0 Å². The lowest BCUT2D eigenvalue weighted by atomic mass is 9.79.